The lowest BCUT2D eigenvalue weighted by molar-refractivity contribution is 0.958. The molecule has 0 fully saturated rings. The normalized spacial score (nSPS) is 10.1. The molecule has 0 amide bonds. The summed E-state index contributed by atoms with van der Waals surface area (Å²) in [5.74, 6) is 0. The van der Waals surface area contributed by atoms with E-state index in [9.17, 15) is 0 Å². The molecule has 11 heavy (non-hydrogen) atoms. The van der Waals surface area contributed by atoms with E-state index < -0.39 is 0 Å². The smallest absolute Gasteiger partial charge is 0.0408 e. The molecule has 0 radical (unpaired) electrons. The van der Waals surface area contributed by atoms with Crippen LogP contribution >= 0.6 is 11.6 Å². The molecule has 0 atom stereocenters. The monoisotopic (exact) mass is 169 g/mol. The molecular formula is C9H12ClN. The summed E-state index contributed by atoms with van der Waals surface area (Å²) >= 11 is 5.79. The standard InChI is InChI=1S/C9H12ClN/c1-7-6-9(10)3-2-8(7)4-5-11/h2-3,6H,4-5,11H2,1H3. The van der Waals surface area contributed by atoms with Gasteiger partial charge < -0.3 is 5.73 Å². The Labute approximate surface area is 72.2 Å². The van der Waals surface area contributed by atoms with Gasteiger partial charge in [0.1, 0.15) is 0 Å². The summed E-state index contributed by atoms with van der Waals surface area (Å²) in [6, 6.07) is 5.90. The molecule has 0 saturated carbocycles. The molecule has 0 unspecified atom stereocenters. The fraction of sp³-hybridized carbons (Fsp3) is 0.333. The van der Waals surface area contributed by atoms with Crippen LogP contribution in [0.25, 0.3) is 0 Å². The van der Waals surface area contributed by atoms with Gasteiger partial charge in [0.15, 0.2) is 0 Å². The zero-order chi connectivity index (χ0) is 8.27. The van der Waals surface area contributed by atoms with Crippen LogP contribution in [0.3, 0.4) is 0 Å². The maximum Gasteiger partial charge on any atom is 0.0408 e. The Hall–Kier alpha value is -0.530. The van der Waals surface area contributed by atoms with Gasteiger partial charge >= 0.3 is 0 Å². The van der Waals surface area contributed by atoms with Gasteiger partial charge in [0.25, 0.3) is 0 Å². The summed E-state index contributed by atoms with van der Waals surface area (Å²) in [6.07, 6.45) is 0.934. The first kappa shape index (κ1) is 8.57. The highest BCUT2D eigenvalue weighted by Gasteiger charge is 1.96. The van der Waals surface area contributed by atoms with Gasteiger partial charge in [0, 0.05) is 5.02 Å². The summed E-state index contributed by atoms with van der Waals surface area (Å²) < 4.78 is 0. The fourth-order valence-electron chi connectivity index (χ4n) is 1.10. The quantitative estimate of drug-likeness (QED) is 0.722. The summed E-state index contributed by atoms with van der Waals surface area (Å²) in [5, 5.41) is 0.795. The van der Waals surface area contributed by atoms with Crippen molar-refractivity contribution in [2.75, 3.05) is 6.54 Å². The average molecular weight is 170 g/mol. The largest absolute Gasteiger partial charge is 0.330 e. The van der Waals surface area contributed by atoms with E-state index in [-0.39, 0.29) is 0 Å². The van der Waals surface area contributed by atoms with Crippen LogP contribution in [0, 0.1) is 6.92 Å². The molecule has 0 aliphatic rings. The van der Waals surface area contributed by atoms with Gasteiger partial charge in [0.2, 0.25) is 0 Å². The van der Waals surface area contributed by atoms with Gasteiger partial charge in [-0.05, 0) is 43.1 Å². The Kier molecular flexibility index (Phi) is 2.92. The van der Waals surface area contributed by atoms with Crippen molar-refractivity contribution in [1.82, 2.24) is 0 Å². The van der Waals surface area contributed by atoms with Crippen LogP contribution in [-0.2, 0) is 6.42 Å². The molecule has 2 heteroatoms. The van der Waals surface area contributed by atoms with Crippen LogP contribution in [0.2, 0.25) is 5.02 Å². The second-order valence-corrected chi connectivity index (χ2v) is 3.05. The number of hydrogen-bond acceptors (Lipinski definition) is 1. The first-order valence-electron chi connectivity index (χ1n) is 3.69. The average Bonchev–Trinajstić information content (AvgIpc) is 1.95. The first-order chi connectivity index (χ1) is 5.24. The maximum absolute atomic E-state index is 5.79. The third-order valence-corrected chi connectivity index (χ3v) is 1.95. The maximum atomic E-state index is 5.79. The van der Waals surface area contributed by atoms with E-state index in [1.807, 2.05) is 18.2 Å². The molecule has 1 aromatic rings. The van der Waals surface area contributed by atoms with E-state index in [1.54, 1.807) is 0 Å². The Morgan fingerprint density at radius 2 is 2.18 bits per heavy atom. The molecular weight excluding hydrogens is 158 g/mol. The molecule has 0 spiro atoms. The molecule has 0 aromatic heterocycles. The Balaban J connectivity index is 2.90. The molecule has 1 rings (SSSR count). The third-order valence-electron chi connectivity index (χ3n) is 1.72. The molecule has 0 saturated heterocycles. The number of aryl methyl sites for hydroxylation is 1. The molecule has 60 valence electrons. The lowest BCUT2D eigenvalue weighted by Crippen LogP contribution is -2.03. The van der Waals surface area contributed by atoms with E-state index in [2.05, 4.69) is 6.92 Å². The van der Waals surface area contributed by atoms with E-state index in [4.69, 9.17) is 17.3 Å². The van der Waals surface area contributed by atoms with Gasteiger partial charge in [-0.25, -0.2) is 0 Å². The number of rotatable bonds is 2. The first-order valence-corrected chi connectivity index (χ1v) is 4.07. The molecule has 1 aromatic carbocycles. The topological polar surface area (TPSA) is 26.0 Å². The van der Waals surface area contributed by atoms with Crippen molar-refractivity contribution in [3.8, 4) is 0 Å². The number of halogens is 1. The van der Waals surface area contributed by atoms with Gasteiger partial charge in [-0.1, -0.05) is 17.7 Å². The number of hydrogen-bond donors (Lipinski definition) is 1. The summed E-state index contributed by atoms with van der Waals surface area (Å²) in [4.78, 5) is 0. The van der Waals surface area contributed by atoms with Crippen LogP contribution < -0.4 is 5.73 Å². The van der Waals surface area contributed by atoms with Gasteiger partial charge in [0.05, 0.1) is 0 Å². The van der Waals surface area contributed by atoms with E-state index in [1.165, 1.54) is 11.1 Å². The molecule has 0 bridgehead atoms. The van der Waals surface area contributed by atoms with Crippen molar-refractivity contribution in [2.45, 2.75) is 13.3 Å². The van der Waals surface area contributed by atoms with Crippen LogP contribution in [0.5, 0.6) is 0 Å². The van der Waals surface area contributed by atoms with Gasteiger partial charge in [-0.2, -0.15) is 0 Å². The van der Waals surface area contributed by atoms with Crippen molar-refractivity contribution < 1.29 is 0 Å². The van der Waals surface area contributed by atoms with Crippen molar-refractivity contribution in [1.29, 1.82) is 0 Å². The highest BCUT2D eigenvalue weighted by molar-refractivity contribution is 6.30. The Bertz CT molecular complexity index is 245. The van der Waals surface area contributed by atoms with E-state index >= 15 is 0 Å². The summed E-state index contributed by atoms with van der Waals surface area (Å²) in [6.45, 7) is 2.75. The minimum atomic E-state index is 0.697. The predicted octanol–water partition coefficient (Wildman–Crippen LogP) is 2.15. The highest BCUT2D eigenvalue weighted by atomic mass is 35.5. The van der Waals surface area contributed by atoms with E-state index in [0.717, 1.165) is 11.4 Å². The minimum Gasteiger partial charge on any atom is -0.330 e. The number of benzene rings is 1. The SMILES string of the molecule is Cc1cc(Cl)ccc1CCN. The predicted molar refractivity (Wildman–Crippen MR) is 48.9 cm³/mol. The summed E-state index contributed by atoms with van der Waals surface area (Å²) in [7, 11) is 0. The minimum absolute atomic E-state index is 0.697. The zero-order valence-electron chi connectivity index (χ0n) is 6.60. The lowest BCUT2D eigenvalue weighted by atomic mass is 10.1. The van der Waals surface area contributed by atoms with Gasteiger partial charge in [-0.15, -0.1) is 0 Å². The molecule has 0 aliphatic carbocycles. The van der Waals surface area contributed by atoms with E-state index in [0.29, 0.717) is 6.54 Å². The van der Waals surface area contributed by atoms with Crippen molar-refractivity contribution in [2.24, 2.45) is 5.73 Å². The molecule has 1 nitrogen and oxygen atoms in total. The van der Waals surface area contributed by atoms with Crippen molar-refractivity contribution in [3.63, 3.8) is 0 Å². The fourth-order valence-corrected chi connectivity index (χ4v) is 1.32. The highest BCUT2D eigenvalue weighted by Crippen LogP contribution is 2.14. The second kappa shape index (κ2) is 3.74. The second-order valence-electron chi connectivity index (χ2n) is 2.61. The van der Waals surface area contributed by atoms with Crippen LogP contribution in [0.1, 0.15) is 11.1 Å². The third kappa shape index (κ3) is 2.21. The summed E-state index contributed by atoms with van der Waals surface area (Å²) in [5.41, 5.74) is 7.95. The Morgan fingerprint density at radius 1 is 1.45 bits per heavy atom. The number of nitrogens with two attached hydrogens (primary N) is 1. The molecule has 2 N–H and O–H groups in total. The van der Waals surface area contributed by atoms with Crippen LogP contribution in [0.15, 0.2) is 18.2 Å². The molecule has 0 heterocycles. The zero-order valence-corrected chi connectivity index (χ0v) is 7.36. The van der Waals surface area contributed by atoms with Crippen molar-refractivity contribution in [3.05, 3.63) is 34.3 Å². The van der Waals surface area contributed by atoms with Crippen molar-refractivity contribution >= 4 is 11.6 Å². The lowest BCUT2D eigenvalue weighted by Gasteiger charge is -2.03. The van der Waals surface area contributed by atoms with Crippen LogP contribution in [-0.4, -0.2) is 6.54 Å². The Morgan fingerprint density at radius 3 is 2.73 bits per heavy atom. The van der Waals surface area contributed by atoms with Crippen LogP contribution in [0.4, 0.5) is 0 Å². The van der Waals surface area contributed by atoms with Gasteiger partial charge in [-0.3, -0.25) is 0 Å². The molecule has 0 aliphatic heterocycles.